The van der Waals surface area contributed by atoms with E-state index in [1.807, 2.05) is 0 Å². The van der Waals surface area contributed by atoms with E-state index >= 15 is 0 Å². The molecule has 0 amide bonds. The minimum atomic E-state index is 0.307. The number of hydrogen-bond acceptors (Lipinski definition) is 3. The Morgan fingerprint density at radius 2 is 2.16 bits per heavy atom. The molecule has 0 bridgehead atoms. The van der Waals surface area contributed by atoms with Crippen LogP contribution in [0.3, 0.4) is 0 Å². The Morgan fingerprint density at radius 3 is 2.74 bits per heavy atom. The van der Waals surface area contributed by atoms with Gasteiger partial charge in [-0.15, -0.1) is 0 Å². The largest absolute Gasteiger partial charge is 0.381 e. The molecular weight excluding hydrogens is 238 g/mol. The Hall–Kier alpha value is -0.120. The van der Waals surface area contributed by atoms with Gasteiger partial charge in [0.1, 0.15) is 0 Å². The summed E-state index contributed by atoms with van der Waals surface area (Å²) in [5.41, 5.74) is 0.307. The summed E-state index contributed by atoms with van der Waals surface area (Å²) in [5, 5.41) is 3.64. The zero-order valence-corrected chi connectivity index (χ0v) is 12.9. The van der Waals surface area contributed by atoms with Gasteiger partial charge in [0.25, 0.3) is 0 Å². The van der Waals surface area contributed by atoms with Gasteiger partial charge in [0, 0.05) is 18.6 Å². The van der Waals surface area contributed by atoms with Crippen molar-refractivity contribution in [1.29, 1.82) is 0 Å². The highest BCUT2D eigenvalue weighted by Gasteiger charge is 2.37. The van der Waals surface area contributed by atoms with Crippen LogP contribution in [0.5, 0.6) is 0 Å². The molecule has 0 aromatic heterocycles. The summed E-state index contributed by atoms with van der Waals surface area (Å²) >= 11 is 0. The maximum Gasteiger partial charge on any atom is 0.0586 e. The highest BCUT2D eigenvalue weighted by molar-refractivity contribution is 4.88. The molecule has 0 aromatic carbocycles. The van der Waals surface area contributed by atoms with Crippen LogP contribution < -0.4 is 5.32 Å². The molecule has 2 aliphatic rings. The Morgan fingerprint density at radius 1 is 1.32 bits per heavy atom. The maximum atomic E-state index is 6.03. The van der Waals surface area contributed by atoms with E-state index < -0.39 is 0 Å². The lowest BCUT2D eigenvalue weighted by Crippen LogP contribution is -2.44. The first-order valence-corrected chi connectivity index (χ1v) is 8.04. The van der Waals surface area contributed by atoms with Gasteiger partial charge < -0.3 is 14.8 Å². The van der Waals surface area contributed by atoms with Crippen molar-refractivity contribution in [2.75, 3.05) is 26.3 Å². The van der Waals surface area contributed by atoms with Gasteiger partial charge in [-0.1, -0.05) is 13.8 Å². The Bertz CT molecular complexity index is 261. The van der Waals surface area contributed by atoms with Gasteiger partial charge in [-0.3, -0.25) is 0 Å². The fourth-order valence-corrected chi connectivity index (χ4v) is 3.43. The minimum Gasteiger partial charge on any atom is -0.381 e. The summed E-state index contributed by atoms with van der Waals surface area (Å²) in [4.78, 5) is 0. The molecule has 0 radical (unpaired) electrons. The van der Waals surface area contributed by atoms with Crippen molar-refractivity contribution in [1.82, 2.24) is 5.32 Å². The van der Waals surface area contributed by atoms with Crippen molar-refractivity contribution in [3.63, 3.8) is 0 Å². The molecule has 112 valence electrons. The Labute approximate surface area is 118 Å². The summed E-state index contributed by atoms with van der Waals surface area (Å²) in [7, 11) is 0. The monoisotopic (exact) mass is 269 g/mol. The molecule has 2 fully saturated rings. The van der Waals surface area contributed by atoms with Gasteiger partial charge in [-0.2, -0.15) is 0 Å². The summed E-state index contributed by atoms with van der Waals surface area (Å²) in [6, 6.07) is 0. The number of hydrogen-bond donors (Lipinski definition) is 1. The molecule has 3 heteroatoms. The fraction of sp³-hybridized carbons (Fsp3) is 1.00. The molecule has 3 atom stereocenters. The van der Waals surface area contributed by atoms with Crippen molar-refractivity contribution in [3.05, 3.63) is 0 Å². The van der Waals surface area contributed by atoms with Crippen LogP contribution in [0.1, 0.15) is 52.9 Å². The van der Waals surface area contributed by atoms with E-state index in [1.165, 1.54) is 32.1 Å². The molecule has 0 saturated carbocycles. The maximum absolute atomic E-state index is 6.03. The van der Waals surface area contributed by atoms with Crippen LogP contribution in [0, 0.1) is 11.3 Å². The van der Waals surface area contributed by atoms with E-state index in [4.69, 9.17) is 9.47 Å². The lowest BCUT2D eigenvalue weighted by atomic mass is 9.77. The zero-order chi connectivity index (χ0) is 13.7. The van der Waals surface area contributed by atoms with E-state index in [0.717, 1.165) is 26.3 Å². The number of rotatable bonds is 6. The molecule has 0 aromatic rings. The van der Waals surface area contributed by atoms with Gasteiger partial charge in [0.05, 0.1) is 18.8 Å². The first-order valence-electron chi connectivity index (χ1n) is 8.04. The third-order valence-corrected chi connectivity index (χ3v) is 4.44. The van der Waals surface area contributed by atoms with Crippen LogP contribution in [-0.2, 0) is 9.47 Å². The second-order valence-corrected chi connectivity index (χ2v) is 7.03. The molecule has 0 spiro atoms. The number of nitrogens with one attached hydrogen (secondary N) is 1. The first kappa shape index (κ1) is 15.3. The Balaban J connectivity index is 1.86. The summed E-state index contributed by atoms with van der Waals surface area (Å²) in [6.07, 6.45) is 7.02. The quantitative estimate of drug-likeness (QED) is 0.804. The standard InChI is InChI=1S/C16H31NO2/c1-13(2)10-17-11-16(7-4-8-18-12-16)9-15-6-5-14(3)19-15/h13-15,17H,4-12H2,1-3H3. The highest BCUT2D eigenvalue weighted by Crippen LogP contribution is 2.37. The average Bonchev–Trinajstić information content (AvgIpc) is 2.75. The van der Waals surface area contributed by atoms with Crippen molar-refractivity contribution in [2.24, 2.45) is 11.3 Å². The topological polar surface area (TPSA) is 30.5 Å². The Kier molecular flexibility index (Phi) is 5.67. The van der Waals surface area contributed by atoms with Crippen LogP contribution in [-0.4, -0.2) is 38.5 Å². The SMILES string of the molecule is CC(C)CNCC1(CC2CCC(C)O2)CCCOC1. The minimum absolute atomic E-state index is 0.307. The van der Waals surface area contributed by atoms with Crippen LogP contribution in [0.4, 0.5) is 0 Å². The molecule has 2 saturated heterocycles. The molecule has 2 rings (SSSR count). The predicted molar refractivity (Wildman–Crippen MR) is 78.4 cm³/mol. The molecule has 0 aliphatic carbocycles. The van der Waals surface area contributed by atoms with Crippen LogP contribution in [0.2, 0.25) is 0 Å². The van der Waals surface area contributed by atoms with Gasteiger partial charge in [0.2, 0.25) is 0 Å². The third kappa shape index (κ3) is 4.73. The van der Waals surface area contributed by atoms with E-state index in [9.17, 15) is 0 Å². The lowest BCUT2D eigenvalue weighted by Gasteiger charge is -2.39. The fourth-order valence-electron chi connectivity index (χ4n) is 3.43. The van der Waals surface area contributed by atoms with Gasteiger partial charge in [-0.25, -0.2) is 0 Å². The molecule has 3 unspecified atom stereocenters. The van der Waals surface area contributed by atoms with Crippen molar-refractivity contribution in [2.45, 2.75) is 65.1 Å². The second-order valence-electron chi connectivity index (χ2n) is 7.03. The summed E-state index contributed by atoms with van der Waals surface area (Å²) < 4.78 is 11.8. The predicted octanol–water partition coefficient (Wildman–Crippen LogP) is 2.99. The molecule has 2 aliphatic heterocycles. The van der Waals surface area contributed by atoms with Gasteiger partial charge >= 0.3 is 0 Å². The van der Waals surface area contributed by atoms with E-state index in [0.29, 0.717) is 23.5 Å². The molecule has 19 heavy (non-hydrogen) atoms. The molecule has 3 nitrogen and oxygen atoms in total. The van der Waals surface area contributed by atoms with Crippen LogP contribution in [0.25, 0.3) is 0 Å². The van der Waals surface area contributed by atoms with Crippen molar-refractivity contribution < 1.29 is 9.47 Å². The second kappa shape index (κ2) is 7.05. The lowest BCUT2D eigenvalue weighted by molar-refractivity contribution is -0.0477. The summed E-state index contributed by atoms with van der Waals surface area (Å²) in [6.45, 7) is 10.8. The molecule has 2 heterocycles. The van der Waals surface area contributed by atoms with E-state index in [2.05, 4.69) is 26.1 Å². The van der Waals surface area contributed by atoms with E-state index in [-0.39, 0.29) is 0 Å². The van der Waals surface area contributed by atoms with Crippen molar-refractivity contribution >= 4 is 0 Å². The zero-order valence-electron chi connectivity index (χ0n) is 12.9. The van der Waals surface area contributed by atoms with Crippen LogP contribution >= 0.6 is 0 Å². The smallest absolute Gasteiger partial charge is 0.0586 e. The normalized spacial score (nSPS) is 36.0. The summed E-state index contributed by atoms with van der Waals surface area (Å²) in [5.74, 6) is 0.712. The molecule has 1 N–H and O–H groups in total. The van der Waals surface area contributed by atoms with E-state index in [1.54, 1.807) is 0 Å². The highest BCUT2D eigenvalue weighted by atomic mass is 16.5. The average molecular weight is 269 g/mol. The molecular formula is C16H31NO2. The van der Waals surface area contributed by atoms with Crippen molar-refractivity contribution in [3.8, 4) is 0 Å². The first-order chi connectivity index (χ1) is 9.10. The van der Waals surface area contributed by atoms with Crippen LogP contribution in [0.15, 0.2) is 0 Å². The third-order valence-electron chi connectivity index (χ3n) is 4.44. The van der Waals surface area contributed by atoms with Gasteiger partial charge in [0.15, 0.2) is 0 Å². The van der Waals surface area contributed by atoms with Gasteiger partial charge in [-0.05, 0) is 51.5 Å². The number of ether oxygens (including phenoxy) is 2.